The molecule has 6 aliphatic rings. The van der Waals surface area contributed by atoms with Gasteiger partial charge in [-0.1, -0.05) is 144 Å². The lowest BCUT2D eigenvalue weighted by molar-refractivity contribution is -0.661. The molecule has 0 saturated heterocycles. The van der Waals surface area contributed by atoms with Gasteiger partial charge in [0.15, 0.2) is 18.6 Å². The first-order valence-electron chi connectivity index (χ1n) is 35.9. The molecule has 0 atom stereocenters. The first-order chi connectivity index (χ1) is 44.2. The van der Waals surface area contributed by atoms with Crippen LogP contribution in [0.1, 0.15) is 236 Å². The Bertz CT molecular complexity index is 4400. The van der Waals surface area contributed by atoms with Gasteiger partial charge in [-0.3, -0.25) is 0 Å². The summed E-state index contributed by atoms with van der Waals surface area (Å²) < 4.78 is 7.09. The Labute approximate surface area is 560 Å². The van der Waals surface area contributed by atoms with E-state index >= 15 is 0 Å². The molecular formula is C90H108N3+3. The van der Waals surface area contributed by atoms with E-state index in [2.05, 4.69) is 266 Å². The molecule has 0 bridgehead atoms. The fourth-order valence-corrected chi connectivity index (χ4v) is 18.2. The van der Waals surface area contributed by atoms with Gasteiger partial charge in [-0.05, 0) is 298 Å². The van der Waals surface area contributed by atoms with E-state index in [9.17, 15) is 0 Å². The van der Waals surface area contributed by atoms with Gasteiger partial charge in [0.1, 0.15) is 21.1 Å². The molecule has 3 fully saturated rings. The number of aryl methyl sites for hydroxylation is 12. The van der Waals surface area contributed by atoms with Gasteiger partial charge < -0.3 is 0 Å². The molecule has 480 valence electrons. The highest BCUT2D eigenvalue weighted by molar-refractivity contribution is 5.88. The van der Waals surface area contributed by atoms with Crippen LogP contribution < -0.4 is 13.7 Å². The Morgan fingerprint density at radius 1 is 0.301 bits per heavy atom. The molecule has 0 unspecified atom stereocenters. The van der Waals surface area contributed by atoms with Crippen LogP contribution >= 0.6 is 0 Å². The monoisotopic (exact) mass is 1230 g/mol. The van der Waals surface area contributed by atoms with Crippen molar-refractivity contribution in [2.24, 2.45) is 37.4 Å². The molecule has 6 aromatic carbocycles. The van der Waals surface area contributed by atoms with Crippen LogP contribution in [0.4, 0.5) is 0 Å². The molecule has 0 N–H and O–H groups in total. The SMILES string of the molecule is Cc1c[n+](C)c(-c2c(C)ccc3c2Cc2c(C)cccc2-3)cc1C1CCC(C)(C)CC1.Cc1ccc2c(c1)-c1ccc(C)c(-c3cc(C4CCC(C)(C)CC4)c(C)c[n+]3C)c1C2.Cc1ccc2c(c1)Cc1c-2ccc(C)c1-c1cc(C2CCC(C)(C)CC2)c(C)c[n+]1C. The summed E-state index contributed by atoms with van der Waals surface area (Å²) in [4.78, 5) is 0. The number of rotatable bonds is 6. The number of hydrogen-bond donors (Lipinski definition) is 0. The Kier molecular flexibility index (Phi) is 17.2. The van der Waals surface area contributed by atoms with Crippen molar-refractivity contribution in [3.8, 4) is 67.2 Å². The van der Waals surface area contributed by atoms with Crippen LogP contribution in [0.15, 0.2) is 128 Å². The third-order valence-corrected chi connectivity index (χ3v) is 24.1. The summed E-state index contributed by atoms with van der Waals surface area (Å²) in [6, 6.07) is 42.3. The van der Waals surface area contributed by atoms with Crippen molar-refractivity contribution < 1.29 is 13.7 Å². The van der Waals surface area contributed by atoms with Crippen LogP contribution in [0.2, 0.25) is 0 Å². The van der Waals surface area contributed by atoms with Gasteiger partial charge in [0.2, 0.25) is 17.1 Å². The number of fused-ring (bicyclic) bond motifs is 9. The lowest BCUT2D eigenvalue weighted by atomic mass is 9.70. The van der Waals surface area contributed by atoms with Crippen LogP contribution in [0.5, 0.6) is 0 Å². The van der Waals surface area contributed by atoms with Crippen molar-refractivity contribution in [2.75, 3.05) is 0 Å². The van der Waals surface area contributed by atoms with Crippen molar-refractivity contribution >= 4 is 0 Å². The molecule has 3 heteroatoms. The predicted octanol–water partition coefficient (Wildman–Crippen LogP) is 22.1. The first kappa shape index (κ1) is 64.5. The van der Waals surface area contributed by atoms with Gasteiger partial charge in [0, 0.05) is 34.9 Å². The smallest absolute Gasteiger partial charge is 0.201 e. The third-order valence-electron chi connectivity index (χ3n) is 24.1. The summed E-state index contributed by atoms with van der Waals surface area (Å²) >= 11 is 0. The second kappa shape index (κ2) is 24.8. The summed E-state index contributed by atoms with van der Waals surface area (Å²) in [7, 11) is 6.67. The number of benzene rings is 6. The molecule has 3 nitrogen and oxygen atoms in total. The van der Waals surface area contributed by atoms with Crippen molar-refractivity contribution in [2.45, 2.75) is 218 Å². The van der Waals surface area contributed by atoms with E-state index in [4.69, 9.17) is 0 Å². The second-order valence-electron chi connectivity index (χ2n) is 32.8. The van der Waals surface area contributed by atoms with Crippen molar-refractivity contribution in [3.05, 3.63) is 228 Å². The number of pyridine rings is 3. The van der Waals surface area contributed by atoms with E-state index < -0.39 is 0 Å². The van der Waals surface area contributed by atoms with Crippen LogP contribution in [0, 0.1) is 78.6 Å². The lowest BCUT2D eigenvalue weighted by Gasteiger charge is -2.35. The third kappa shape index (κ3) is 12.5. The maximum Gasteiger partial charge on any atom is 0.213 e. The van der Waals surface area contributed by atoms with E-state index in [1.807, 2.05) is 0 Å². The highest BCUT2D eigenvalue weighted by atomic mass is 14.9. The first-order valence-corrected chi connectivity index (χ1v) is 35.9. The van der Waals surface area contributed by atoms with E-state index in [-0.39, 0.29) is 0 Å². The molecule has 3 saturated carbocycles. The van der Waals surface area contributed by atoms with Crippen molar-refractivity contribution in [1.82, 2.24) is 0 Å². The van der Waals surface area contributed by atoms with Crippen LogP contribution in [-0.4, -0.2) is 0 Å². The molecule has 93 heavy (non-hydrogen) atoms. The lowest BCUT2D eigenvalue weighted by Crippen LogP contribution is -2.33. The maximum atomic E-state index is 2.54. The minimum Gasteiger partial charge on any atom is -0.201 e. The van der Waals surface area contributed by atoms with Gasteiger partial charge >= 0.3 is 0 Å². The molecule has 0 amide bonds. The standard InChI is InChI=1S/3C30H36N/c1-19-7-9-24-23(15-19)16-27-25(24)10-8-20(2)29(27)28-17-26(21(3)18-31(28)6)22-11-13-30(4,5)14-12-22;1-19-7-9-23-16-27-24(26(23)15-19)10-8-20(2)29(27)28-17-25(21(3)18-31(28)6)22-11-13-30(4,5)14-12-22;1-19-8-7-9-23-24-11-10-20(2)29(27(24)16-26(19)23)28-17-25(21(3)18-31(28)6)22-12-14-30(4,5)15-13-22/h2*7-10,15,17-18,22H,11-14,16H2,1-6H3;7-11,17-18,22H,12-16H2,1-6H3/q3*+1. The highest BCUT2D eigenvalue weighted by Crippen LogP contribution is 2.51. The quantitative estimate of drug-likeness (QED) is 0.147. The van der Waals surface area contributed by atoms with Crippen LogP contribution in [0.25, 0.3) is 67.2 Å². The molecule has 6 aliphatic carbocycles. The topological polar surface area (TPSA) is 11.6 Å². The fraction of sp³-hybridized carbons (Fsp3) is 0.433. The van der Waals surface area contributed by atoms with Gasteiger partial charge in [0.25, 0.3) is 0 Å². The van der Waals surface area contributed by atoms with Crippen molar-refractivity contribution in [3.63, 3.8) is 0 Å². The Hall–Kier alpha value is -7.23. The average Bonchev–Trinajstić information content (AvgIpc) is 1.49. The van der Waals surface area contributed by atoms with Gasteiger partial charge in [-0.2, -0.15) is 0 Å². The average molecular weight is 1230 g/mol. The minimum atomic E-state index is 0.507. The van der Waals surface area contributed by atoms with Crippen LogP contribution in [0.3, 0.4) is 0 Å². The summed E-state index contributed by atoms with van der Waals surface area (Å²) in [5, 5.41) is 0. The van der Waals surface area contributed by atoms with E-state index in [0.29, 0.717) is 34.0 Å². The molecule has 0 aliphatic heterocycles. The molecule has 9 aromatic rings. The van der Waals surface area contributed by atoms with E-state index in [0.717, 1.165) is 19.3 Å². The van der Waals surface area contributed by atoms with Gasteiger partial charge in [-0.15, -0.1) is 0 Å². The number of aromatic nitrogens is 3. The van der Waals surface area contributed by atoms with Gasteiger partial charge in [-0.25, -0.2) is 13.7 Å². The molecular weight excluding hydrogens is 1120 g/mol. The molecule has 15 rings (SSSR count). The molecule has 0 spiro atoms. The number of nitrogens with zero attached hydrogens (tertiary/aromatic N) is 3. The summed E-state index contributed by atoms with van der Waals surface area (Å²) in [5.74, 6) is 2.10. The Balaban J connectivity index is 0.000000127. The zero-order valence-electron chi connectivity index (χ0n) is 60.3. The Morgan fingerprint density at radius 3 is 1.08 bits per heavy atom. The minimum absolute atomic E-state index is 0.507. The molecule has 3 heterocycles. The summed E-state index contributed by atoms with van der Waals surface area (Å²) in [6.07, 6.45) is 26.2. The largest absolute Gasteiger partial charge is 0.213 e. The Morgan fingerprint density at radius 2 is 0.645 bits per heavy atom. The maximum absolute atomic E-state index is 2.54. The normalized spacial score (nSPS) is 17.5. The second-order valence-corrected chi connectivity index (χ2v) is 32.8. The number of hydrogen-bond acceptors (Lipinski definition) is 0. The summed E-state index contributed by atoms with van der Waals surface area (Å²) in [5.41, 5.74) is 44.9. The van der Waals surface area contributed by atoms with E-state index in [1.54, 1.807) is 16.7 Å². The zero-order chi connectivity index (χ0) is 65.7. The van der Waals surface area contributed by atoms with Crippen molar-refractivity contribution in [1.29, 1.82) is 0 Å². The van der Waals surface area contributed by atoms with Crippen LogP contribution in [-0.2, 0) is 40.4 Å². The highest BCUT2D eigenvalue weighted by Gasteiger charge is 2.36. The van der Waals surface area contributed by atoms with Gasteiger partial charge in [0.05, 0.1) is 16.7 Å². The predicted molar refractivity (Wildman–Crippen MR) is 391 cm³/mol. The fourth-order valence-electron chi connectivity index (χ4n) is 18.2. The molecule has 3 aromatic heterocycles. The summed E-state index contributed by atoms with van der Waals surface area (Å²) in [6.45, 7) is 35.0. The van der Waals surface area contributed by atoms with E-state index in [1.165, 1.54) is 228 Å². The molecule has 0 radical (unpaired) electrons. The zero-order valence-corrected chi connectivity index (χ0v) is 60.3.